The summed E-state index contributed by atoms with van der Waals surface area (Å²) < 4.78 is 0. The number of rotatable bonds is 3. The first-order chi connectivity index (χ1) is 8.25. The Kier molecular flexibility index (Phi) is 2.54. The molecule has 1 aromatic rings. The Morgan fingerprint density at radius 3 is 2.65 bits per heavy atom. The van der Waals surface area contributed by atoms with E-state index in [1.165, 1.54) is 12.0 Å². The van der Waals surface area contributed by atoms with E-state index in [0.29, 0.717) is 11.8 Å². The van der Waals surface area contributed by atoms with E-state index in [4.69, 9.17) is 0 Å². The number of amides is 2. The lowest BCUT2D eigenvalue weighted by Gasteiger charge is -2.15. The molecular weight excluding hydrogens is 212 g/mol. The Balaban J connectivity index is 1.58. The molecule has 1 heterocycles. The first kappa shape index (κ1) is 10.6. The van der Waals surface area contributed by atoms with Crippen molar-refractivity contribution in [2.24, 2.45) is 5.92 Å². The molecule has 0 N–H and O–H groups in total. The van der Waals surface area contributed by atoms with Gasteiger partial charge in [0.1, 0.15) is 0 Å². The molecule has 3 rings (SSSR count). The van der Waals surface area contributed by atoms with Crippen LogP contribution in [-0.2, 0) is 0 Å². The van der Waals surface area contributed by atoms with Crippen LogP contribution < -0.4 is 0 Å². The summed E-state index contributed by atoms with van der Waals surface area (Å²) in [6.07, 6.45) is 1.23. The molecule has 2 atom stereocenters. The van der Waals surface area contributed by atoms with Crippen LogP contribution in [0, 0.1) is 5.92 Å². The maximum absolute atomic E-state index is 11.8. The summed E-state index contributed by atoms with van der Waals surface area (Å²) in [7, 11) is 1.88. The van der Waals surface area contributed by atoms with Crippen molar-refractivity contribution in [3.63, 3.8) is 0 Å². The van der Waals surface area contributed by atoms with Crippen LogP contribution in [0.3, 0.4) is 0 Å². The third-order valence-electron chi connectivity index (χ3n) is 3.91. The van der Waals surface area contributed by atoms with Crippen molar-refractivity contribution in [1.29, 1.82) is 0 Å². The van der Waals surface area contributed by atoms with Crippen molar-refractivity contribution < 1.29 is 4.79 Å². The summed E-state index contributed by atoms with van der Waals surface area (Å²) in [5.41, 5.74) is 1.43. The summed E-state index contributed by atoms with van der Waals surface area (Å²) in [5, 5.41) is 0. The quantitative estimate of drug-likeness (QED) is 0.780. The molecule has 1 aromatic carbocycles. The van der Waals surface area contributed by atoms with Gasteiger partial charge >= 0.3 is 6.03 Å². The summed E-state index contributed by atoms with van der Waals surface area (Å²) in [6, 6.07) is 10.8. The van der Waals surface area contributed by atoms with Crippen LogP contribution in [0.5, 0.6) is 0 Å². The Labute approximate surface area is 102 Å². The molecule has 2 unspecified atom stereocenters. The van der Waals surface area contributed by atoms with Crippen LogP contribution in [0.4, 0.5) is 4.79 Å². The molecule has 1 saturated carbocycles. The molecule has 2 amide bonds. The highest BCUT2D eigenvalue weighted by Gasteiger charge is 2.41. The first-order valence-corrected chi connectivity index (χ1v) is 6.30. The van der Waals surface area contributed by atoms with Crippen molar-refractivity contribution in [3.8, 4) is 0 Å². The van der Waals surface area contributed by atoms with Gasteiger partial charge in [0.15, 0.2) is 0 Å². The first-order valence-electron chi connectivity index (χ1n) is 6.30. The average molecular weight is 230 g/mol. The van der Waals surface area contributed by atoms with Crippen LogP contribution in [0.2, 0.25) is 0 Å². The van der Waals surface area contributed by atoms with E-state index >= 15 is 0 Å². The fraction of sp³-hybridized carbons (Fsp3) is 0.500. The molecule has 0 aromatic heterocycles. The average Bonchev–Trinajstić information content (AvgIpc) is 3.06. The summed E-state index contributed by atoms with van der Waals surface area (Å²) in [4.78, 5) is 15.6. The maximum Gasteiger partial charge on any atom is 0.319 e. The van der Waals surface area contributed by atoms with Crippen molar-refractivity contribution in [3.05, 3.63) is 35.9 Å². The fourth-order valence-electron chi connectivity index (χ4n) is 2.71. The molecular formula is C14H18N2O. The lowest BCUT2D eigenvalue weighted by molar-refractivity contribution is 0.196. The van der Waals surface area contributed by atoms with Gasteiger partial charge in [-0.3, -0.25) is 0 Å². The van der Waals surface area contributed by atoms with E-state index in [2.05, 4.69) is 30.3 Å². The molecule has 0 spiro atoms. The number of hydrogen-bond donors (Lipinski definition) is 0. The standard InChI is InChI=1S/C14H18N2O/c1-15-7-8-16(14(15)17)10-12-9-13(12)11-5-3-2-4-6-11/h2-6,12-13H,7-10H2,1H3. The number of benzene rings is 1. The van der Waals surface area contributed by atoms with Gasteiger partial charge in [0, 0.05) is 26.7 Å². The number of carbonyl (C=O) groups is 1. The molecule has 90 valence electrons. The molecule has 0 radical (unpaired) electrons. The van der Waals surface area contributed by atoms with Gasteiger partial charge in [-0.1, -0.05) is 30.3 Å². The van der Waals surface area contributed by atoms with Crippen LogP contribution in [0.1, 0.15) is 17.9 Å². The SMILES string of the molecule is CN1CCN(CC2CC2c2ccccc2)C1=O. The van der Waals surface area contributed by atoms with E-state index in [9.17, 15) is 4.79 Å². The minimum atomic E-state index is 0.198. The van der Waals surface area contributed by atoms with E-state index in [1.807, 2.05) is 11.9 Å². The predicted molar refractivity (Wildman–Crippen MR) is 66.9 cm³/mol. The second-order valence-electron chi connectivity index (χ2n) is 5.16. The molecule has 2 aliphatic rings. The number of likely N-dealkylation sites (N-methyl/N-ethyl adjacent to an activating group) is 1. The Morgan fingerprint density at radius 1 is 1.24 bits per heavy atom. The van der Waals surface area contributed by atoms with Crippen LogP contribution in [0.25, 0.3) is 0 Å². The highest BCUT2D eigenvalue weighted by atomic mass is 16.2. The summed E-state index contributed by atoms with van der Waals surface area (Å²) >= 11 is 0. The van der Waals surface area contributed by atoms with Gasteiger partial charge in [-0.25, -0.2) is 4.79 Å². The molecule has 1 aliphatic carbocycles. The third kappa shape index (κ3) is 2.02. The smallest absolute Gasteiger partial charge is 0.319 e. The fourth-order valence-corrected chi connectivity index (χ4v) is 2.71. The summed E-state index contributed by atoms with van der Waals surface area (Å²) in [6.45, 7) is 2.71. The van der Waals surface area contributed by atoms with Gasteiger partial charge < -0.3 is 9.80 Å². The Morgan fingerprint density at radius 2 is 2.00 bits per heavy atom. The molecule has 1 aliphatic heterocycles. The summed E-state index contributed by atoms with van der Waals surface area (Å²) in [5.74, 6) is 1.35. The molecule has 3 heteroatoms. The van der Waals surface area contributed by atoms with Crippen molar-refractivity contribution in [1.82, 2.24) is 9.80 Å². The zero-order chi connectivity index (χ0) is 11.8. The van der Waals surface area contributed by atoms with Crippen LogP contribution >= 0.6 is 0 Å². The lowest BCUT2D eigenvalue weighted by atomic mass is 10.1. The zero-order valence-electron chi connectivity index (χ0n) is 10.2. The second kappa shape index (κ2) is 4.06. The number of carbonyl (C=O) groups excluding carboxylic acids is 1. The minimum absolute atomic E-state index is 0.198. The molecule has 2 fully saturated rings. The van der Waals surface area contributed by atoms with E-state index in [-0.39, 0.29) is 6.03 Å². The maximum atomic E-state index is 11.8. The van der Waals surface area contributed by atoms with Gasteiger partial charge in [0.05, 0.1) is 0 Å². The van der Waals surface area contributed by atoms with Crippen molar-refractivity contribution in [2.45, 2.75) is 12.3 Å². The van der Waals surface area contributed by atoms with Crippen molar-refractivity contribution >= 4 is 6.03 Å². The van der Waals surface area contributed by atoms with E-state index < -0.39 is 0 Å². The monoisotopic (exact) mass is 230 g/mol. The number of hydrogen-bond acceptors (Lipinski definition) is 1. The van der Waals surface area contributed by atoms with E-state index in [0.717, 1.165) is 19.6 Å². The van der Waals surface area contributed by atoms with Gasteiger partial charge in [-0.15, -0.1) is 0 Å². The zero-order valence-corrected chi connectivity index (χ0v) is 10.2. The normalized spacial score (nSPS) is 27.7. The van der Waals surface area contributed by atoms with Crippen LogP contribution in [-0.4, -0.2) is 42.5 Å². The van der Waals surface area contributed by atoms with Crippen LogP contribution in [0.15, 0.2) is 30.3 Å². The van der Waals surface area contributed by atoms with Gasteiger partial charge in [-0.05, 0) is 23.8 Å². The molecule has 17 heavy (non-hydrogen) atoms. The van der Waals surface area contributed by atoms with E-state index in [1.54, 1.807) is 4.90 Å². The second-order valence-corrected chi connectivity index (χ2v) is 5.16. The topological polar surface area (TPSA) is 23.6 Å². The Hall–Kier alpha value is -1.51. The minimum Gasteiger partial charge on any atom is -0.326 e. The largest absolute Gasteiger partial charge is 0.326 e. The highest BCUT2D eigenvalue weighted by Crippen LogP contribution is 2.47. The third-order valence-corrected chi connectivity index (χ3v) is 3.91. The molecule has 1 saturated heterocycles. The Bertz CT molecular complexity index is 417. The van der Waals surface area contributed by atoms with Crippen molar-refractivity contribution in [2.75, 3.05) is 26.7 Å². The lowest BCUT2D eigenvalue weighted by Crippen LogP contribution is -2.31. The van der Waals surface area contributed by atoms with Gasteiger partial charge in [-0.2, -0.15) is 0 Å². The number of nitrogens with zero attached hydrogens (tertiary/aromatic N) is 2. The molecule has 0 bridgehead atoms. The van der Waals surface area contributed by atoms with Gasteiger partial charge in [0.2, 0.25) is 0 Å². The predicted octanol–water partition coefficient (Wildman–Crippen LogP) is 2.16. The highest BCUT2D eigenvalue weighted by molar-refractivity contribution is 5.76. The molecule has 3 nitrogen and oxygen atoms in total. The van der Waals surface area contributed by atoms with Gasteiger partial charge in [0.25, 0.3) is 0 Å². The number of urea groups is 1.